The fourth-order valence-electron chi connectivity index (χ4n) is 2.54. The fraction of sp³-hybridized carbons (Fsp3) is 0.722. The van der Waals surface area contributed by atoms with Gasteiger partial charge in [0.2, 0.25) is 0 Å². The van der Waals surface area contributed by atoms with E-state index in [0.717, 1.165) is 20.8 Å². The molecule has 0 saturated carbocycles. The summed E-state index contributed by atoms with van der Waals surface area (Å²) in [6, 6.07) is 0. The Hall–Kier alpha value is -2.45. The first kappa shape index (κ1) is 24.6. The highest BCUT2D eigenvalue weighted by Gasteiger charge is 2.42. The molecule has 0 radical (unpaired) electrons. The third kappa shape index (κ3) is 10.3. The average molecular weight is 388 g/mol. The van der Waals surface area contributed by atoms with Crippen LogP contribution in [0, 0.1) is 0 Å². The Labute approximate surface area is 158 Å². The van der Waals surface area contributed by atoms with E-state index in [0.29, 0.717) is 0 Å². The van der Waals surface area contributed by atoms with E-state index in [9.17, 15) is 24.0 Å². The topological polar surface area (TPSA) is 122 Å². The number of Topliss-reactive ketones (excluding diaryl/α,β-unsaturated/α-hetero) is 1. The van der Waals surface area contributed by atoms with Gasteiger partial charge in [-0.15, -0.1) is 0 Å². The van der Waals surface area contributed by atoms with Crippen molar-refractivity contribution >= 4 is 29.7 Å². The van der Waals surface area contributed by atoms with Gasteiger partial charge in [0.15, 0.2) is 12.2 Å². The van der Waals surface area contributed by atoms with E-state index >= 15 is 0 Å². The van der Waals surface area contributed by atoms with Crippen LogP contribution in [0.25, 0.3) is 0 Å². The second-order valence-corrected chi connectivity index (χ2v) is 6.09. The van der Waals surface area contributed by atoms with E-state index < -0.39 is 48.3 Å². The van der Waals surface area contributed by atoms with Crippen molar-refractivity contribution in [1.82, 2.24) is 0 Å². The highest BCUT2D eigenvalue weighted by atomic mass is 16.6. The number of rotatable bonds is 11. The molecule has 0 fully saturated rings. The van der Waals surface area contributed by atoms with Crippen molar-refractivity contribution < 1.29 is 42.9 Å². The summed E-state index contributed by atoms with van der Waals surface area (Å²) in [5, 5.41) is 0. The largest absolute Gasteiger partial charge is 0.458 e. The van der Waals surface area contributed by atoms with Crippen LogP contribution in [0.15, 0.2) is 0 Å². The molecule has 0 aliphatic heterocycles. The van der Waals surface area contributed by atoms with E-state index in [-0.39, 0.29) is 25.0 Å². The van der Waals surface area contributed by atoms with Gasteiger partial charge in [0.1, 0.15) is 18.0 Å². The van der Waals surface area contributed by atoms with Crippen molar-refractivity contribution in [3.8, 4) is 0 Å². The smallest absolute Gasteiger partial charge is 0.303 e. The van der Waals surface area contributed by atoms with Crippen LogP contribution in [-0.2, 0) is 42.9 Å². The zero-order chi connectivity index (χ0) is 21.1. The summed E-state index contributed by atoms with van der Waals surface area (Å²) in [5.41, 5.74) is 0. The lowest BCUT2D eigenvalue weighted by Gasteiger charge is -2.35. The summed E-state index contributed by atoms with van der Waals surface area (Å²) in [4.78, 5) is 57.5. The van der Waals surface area contributed by atoms with E-state index in [1.807, 2.05) is 0 Å². The van der Waals surface area contributed by atoms with Gasteiger partial charge >= 0.3 is 23.9 Å². The molecule has 9 heteroatoms. The van der Waals surface area contributed by atoms with Crippen molar-refractivity contribution in [2.24, 2.45) is 0 Å². The normalized spacial score (nSPS) is 14.9. The first-order chi connectivity index (χ1) is 12.5. The quantitative estimate of drug-likeness (QED) is 0.382. The highest BCUT2D eigenvalue weighted by Crippen LogP contribution is 2.23. The molecule has 0 bridgehead atoms. The van der Waals surface area contributed by atoms with Gasteiger partial charge in [0.05, 0.1) is 0 Å². The van der Waals surface area contributed by atoms with E-state index in [4.69, 9.17) is 18.9 Å². The molecule has 154 valence electrons. The summed E-state index contributed by atoms with van der Waals surface area (Å²) in [5.74, 6) is -2.85. The number of ketones is 1. The Balaban J connectivity index is 5.96. The Morgan fingerprint density at radius 3 is 1.33 bits per heavy atom. The maximum Gasteiger partial charge on any atom is 0.303 e. The van der Waals surface area contributed by atoms with Crippen molar-refractivity contribution in [3.63, 3.8) is 0 Å². The summed E-state index contributed by atoms with van der Waals surface area (Å²) < 4.78 is 21.0. The summed E-state index contributed by atoms with van der Waals surface area (Å²) in [6.07, 6.45) is -4.13. The van der Waals surface area contributed by atoms with E-state index in [1.54, 1.807) is 6.92 Å². The minimum atomic E-state index is -1.25. The van der Waals surface area contributed by atoms with Crippen molar-refractivity contribution in [3.05, 3.63) is 0 Å². The van der Waals surface area contributed by atoms with E-state index in [1.165, 1.54) is 13.8 Å². The van der Waals surface area contributed by atoms with Crippen LogP contribution in [-0.4, -0.2) is 54.1 Å². The fourth-order valence-corrected chi connectivity index (χ4v) is 2.54. The molecular weight excluding hydrogens is 360 g/mol. The number of esters is 4. The van der Waals surface area contributed by atoms with Crippen LogP contribution in [0.5, 0.6) is 0 Å². The number of hydrogen-bond acceptors (Lipinski definition) is 9. The Kier molecular flexibility index (Phi) is 10.9. The van der Waals surface area contributed by atoms with Crippen molar-refractivity contribution in [2.75, 3.05) is 0 Å². The summed E-state index contributed by atoms with van der Waals surface area (Å²) >= 11 is 0. The van der Waals surface area contributed by atoms with Crippen molar-refractivity contribution in [2.45, 2.75) is 85.2 Å². The number of carbonyl (C=O) groups is 5. The van der Waals surface area contributed by atoms with Crippen LogP contribution < -0.4 is 0 Å². The average Bonchev–Trinajstić information content (AvgIpc) is 2.51. The molecule has 0 spiro atoms. The third-order valence-electron chi connectivity index (χ3n) is 3.48. The number of ether oxygens (including phenoxy) is 4. The zero-order valence-electron chi connectivity index (χ0n) is 16.6. The predicted molar refractivity (Wildman–Crippen MR) is 92.4 cm³/mol. The molecule has 0 amide bonds. The molecule has 0 aromatic rings. The highest BCUT2D eigenvalue weighted by molar-refractivity contribution is 5.75. The monoisotopic (exact) mass is 388 g/mol. The molecule has 9 nitrogen and oxygen atoms in total. The Morgan fingerprint density at radius 2 is 1.00 bits per heavy atom. The number of carbonyl (C=O) groups excluding carboxylic acids is 5. The SMILES string of the molecule is CC[C@@H](OC(C)=O)[C@H](OC(C)=O)[C@@H](OC(C)=O)[C@H](CCC(C)=O)OC(C)=O. The molecule has 0 aromatic carbocycles. The molecule has 0 aromatic heterocycles. The van der Waals surface area contributed by atoms with Gasteiger partial charge in [-0.25, -0.2) is 0 Å². The molecule has 0 heterocycles. The van der Waals surface area contributed by atoms with Crippen LogP contribution in [0.2, 0.25) is 0 Å². The molecule has 0 saturated heterocycles. The van der Waals surface area contributed by atoms with Crippen LogP contribution in [0.4, 0.5) is 0 Å². The first-order valence-corrected chi connectivity index (χ1v) is 8.66. The lowest BCUT2D eigenvalue weighted by Crippen LogP contribution is -2.51. The van der Waals surface area contributed by atoms with E-state index in [2.05, 4.69) is 0 Å². The Bertz CT molecular complexity index is 555. The Morgan fingerprint density at radius 1 is 0.630 bits per heavy atom. The van der Waals surface area contributed by atoms with Crippen LogP contribution in [0.1, 0.15) is 60.8 Å². The second-order valence-electron chi connectivity index (χ2n) is 6.09. The molecule has 27 heavy (non-hydrogen) atoms. The summed E-state index contributed by atoms with van der Waals surface area (Å²) in [7, 11) is 0. The van der Waals surface area contributed by atoms with Gasteiger partial charge in [0, 0.05) is 34.1 Å². The molecule has 0 N–H and O–H groups in total. The molecular formula is C18H28O9. The van der Waals surface area contributed by atoms with Gasteiger partial charge in [-0.3, -0.25) is 19.2 Å². The van der Waals surface area contributed by atoms with Gasteiger partial charge in [-0.2, -0.15) is 0 Å². The minimum absolute atomic E-state index is 0.0428. The van der Waals surface area contributed by atoms with Gasteiger partial charge in [-0.05, 0) is 19.8 Å². The lowest BCUT2D eigenvalue weighted by molar-refractivity contribution is -0.198. The van der Waals surface area contributed by atoms with Gasteiger partial charge in [-0.1, -0.05) is 6.92 Å². The molecule has 0 aliphatic carbocycles. The predicted octanol–water partition coefficient (Wildman–Crippen LogP) is 1.49. The summed E-state index contributed by atoms with van der Waals surface area (Å²) in [6.45, 7) is 7.69. The lowest BCUT2D eigenvalue weighted by atomic mass is 9.96. The second kappa shape index (κ2) is 12.0. The molecule has 0 rings (SSSR count). The van der Waals surface area contributed by atoms with Crippen LogP contribution >= 0.6 is 0 Å². The number of hydrogen-bond donors (Lipinski definition) is 0. The minimum Gasteiger partial charge on any atom is -0.458 e. The first-order valence-electron chi connectivity index (χ1n) is 8.66. The molecule has 4 atom stereocenters. The molecule has 0 aliphatic rings. The van der Waals surface area contributed by atoms with Gasteiger partial charge < -0.3 is 23.7 Å². The third-order valence-corrected chi connectivity index (χ3v) is 3.48. The zero-order valence-corrected chi connectivity index (χ0v) is 16.6. The van der Waals surface area contributed by atoms with Crippen LogP contribution in [0.3, 0.4) is 0 Å². The van der Waals surface area contributed by atoms with Gasteiger partial charge in [0.25, 0.3) is 0 Å². The van der Waals surface area contributed by atoms with Crippen molar-refractivity contribution in [1.29, 1.82) is 0 Å². The maximum absolute atomic E-state index is 11.6. The maximum atomic E-state index is 11.6. The standard InChI is InChI=1S/C18H28O9/c1-7-15(24-11(3)20)17(26-13(5)22)18(27-14(6)23)16(25-12(4)21)9-8-10(2)19/h15-18H,7-9H2,1-6H3/t15-,16+,17+,18+/m1/s1. The molecule has 0 unspecified atom stereocenters.